The third-order valence-electron chi connectivity index (χ3n) is 0. The third-order valence-corrected chi connectivity index (χ3v) is 0. The van der Waals surface area contributed by atoms with Gasteiger partial charge in [0.25, 0.3) is 0 Å². The maximum Gasteiger partial charge on any atom is 0.136 e. The van der Waals surface area contributed by atoms with Gasteiger partial charge >= 0.3 is 0 Å². The molecule has 2 nitrogen and oxygen atoms in total. The number of hydrogen-bond acceptors (Lipinski definition) is 1. The Morgan fingerprint density at radius 3 is 1.75 bits per heavy atom. The van der Waals surface area contributed by atoms with Crippen molar-refractivity contribution in [2.45, 2.75) is 0 Å². The topological polar surface area (TPSA) is 37.0 Å². The zero-order valence-corrected chi connectivity index (χ0v) is 4.35. The fourth-order valence-electron chi connectivity index (χ4n) is 0. The van der Waals surface area contributed by atoms with Crippen LogP contribution in [0.1, 0.15) is 0 Å². The van der Waals surface area contributed by atoms with Crippen LogP contribution in [-0.2, 0) is 0 Å². The highest BCUT2D eigenvalue weighted by molar-refractivity contribution is 14.0. The van der Waals surface area contributed by atoms with Gasteiger partial charge in [-0.3, -0.25) is 0 Å². The minimum atomic E-state index is 0. The average Bonchev–Trinajstić information content (AvgIpc) is 0.918. The molecule has 0 aromatic heterocycles. The van der Waals surface area contributed by atoms with Crippen LogP contribution in [0, 0.1) is 5.21 Å². The lowest BCUT2D eigenvalue weighted by Gasteiger charge is -1.58. The maximum absolute atomic E-state index is 8.57. The smallest absolute Gasteiger partial charge is 0.136 e. The molecule has 26 valence electrons. The Hall–Kier alpha value is 0.200. The SMILES string of the molecule is C=[NH+][O-].I. The average molecular weight is 173 g/mol. The van der Waals surface area contributed by atoms with E-state index in [-0.39, 0.29) is 24.0 Å². The van der Waals surface area contributed by atoms with E-state index < -0.39 is 0 Å². The van der Waals surface area contributed by atoms with Gasteiger partial charge in [0.05, 0.1) is 0 Å². The highest BCUT2D eigenvalue weighted by Crippen LogP contribution is 0.886. The molecule has 0 aliphatic heterocycles. The van der Waals surface area contributed by atoms with Crippen molar-refractivity contribution in [2.75, 3.05) is 0 Å². The van der Waals surface area contributed by atoms with Crippen molar-refractivity contribution >= 4 is 30.7 Å². The summed E-state index contributed by atoms with van der Waals surface area (Å²) >= 11 is 0. The molecule has 4 heavy (non-hydrogen) atoms. The second-order valence-electron chi connectivity index (χ2n) is 0.144. The molecule has 1 N–H and O–H groups in total. The second kappa shape index (κ2) is 10.8. The minimum Gasteiger partial charge on any atom is -0.626 e. The van der Waals surface area contributed by atoms with Gasteiger partial charge in [-0.05, 0) is 0 Å². The van der Waals surface area contributed by atoms with E-state index >= 15 is 0 Å². The summed E-state index contributed by atoms with van der Waals surface area (Å²) < 4.78 is 0. The van der Waals surface area contributed by atoms with Crippen LogP contribution in [0.5, 0.6) is 0 Å². The van der Waals surface area contributed by atoms with Crippen LogP contribution in [0.4, 0.5) is 0 Å². The first-order valence-corrected chi connectivity index (χ1v) is 0.558. The number of rotatable bonds is 0. The zero-order valence-electron chi connectivity index (χ0n) is 2.02. The van der Waals surface area contributed by atoms with Gasteiger partial charge in [-0.25, -0.2) is 5.16 Å². The number of nitrogens with one attached hydrogen (secondary N) is 1. The van der Waals surface area contributed by atoms with Gasteiger partial charge < -0.3 is 5.21 Å². The Morgan fingerprint density at radius 1 is 1.75 bits per heavy atom. The molecule has 0 fully saturated rings. The molecule has 0 rings (SSSR count). The van der Waals surface area contributed by atoms with Crippen LogP contribution in [-0.4, -0.2) is 6.72 Å². The van der Waals surface area contributed by atoms with Gasteiger partial charge in [0, 0.05) is 0 Å². The van der Waals surface area contributed by atoms with Crippen molar-refractivity contribution in [3.63, 3.8) is 0 Å². The highest BCUT2D eigenvalue weighted by atomic mass is 127. The largest absolute Gasteiger partial charge is 0.626 e. The van der Waals surface area contributed by atoms with E-state index in [0.717, 1.165) is 0 Å². The number of halogens is 1. The first-order chi connectivity index (χ1) is 1.41. The molecule has 0 amide bonds. The number of hydrogen-bond donors (Lipinski definition) is 1. The van der Waals surface area contributed by atoms with Crippen molar-refractivity contribution < 1.29 is 5.16 Å². The molecule has 0 unspecified atom stereocenters. The predicted molar refractivity (Wildman–Crippen MR) is 26.9 cm³/mol. The van der Waals surface area contributed by atoms with Crippen LogP contribution in [0.2, 0.25) is 0 Å². The fourth-order valence-corrected chi connectivity index (χ4v) is 0. The van der Waals surface area contributed by atoms with E-state index in [0.29, 0.717) is 0 Å². The van der Waals surface area contributed by atoms with Crippen LogP contribution < -0.4 is 5.16 Å². The molecule has 3 heteroatoms. The monoisotopic (exact) mass is 173 g/mol. The van der Waals surface area contributed by atoms with Crippen LogP contribution in [0.25, 0.3) is 0 Å². The molecular formula is CH4INO. The summed E-state index contributed by atoms with van der Waals surface area (Å²) in [6.07, 6.45) is 0. The Balaban J connectivity index is 0. The van der Waals surface area contributed by atoms with Crippen molar-refractivity contribution in [3.8, 4) is 0 Å². The summed E-state index contributed by atoms with van der Waals surface area (Å²) in [5.41, 5.74) is 0. The Morgan fingerprint density at radius 2 is 1.75 bits per heavy atom. The molecule has 0 spiro atoms. The zero-order chi connectivity index (χ0) is 2.71. The van der Waals surface area contributed by atoms with E-state index in [1.54, 1.807) is 0 Å². The summed E-state index contributed by atoms with van der Waals surface area (Å²) in [7, 11) is 0. The standard InChI is InChI=1S/CH3NO.HI/c1-2-3;/h2H,1H2;1H. The van der Waals surface area contributed by atoms with Crippen molar-refractivity contribution in [1.29, 1.82) is 0 Å². The Labute approximate surface area is 41.5 Å². The summed E-state index contributed by atoms with van der Waals surface area (Å²) in [5, 5.41) is 9.82. The Bertz CT molecular complexity index is 15.5. The van der Waals surface area contributed by atoms with Crippen LogP contribution in [0.15, 0.2) is 0 Å². The first-order valence-electron chi connectivity index (χ1n) is 0.558. The van der Waals surface area contributed by atoms with Gasteiger partial charge in [-0.1, -0.05) is 0 Å². The molecule has 0 heterocycles. The van der Waals surface area contributed by atoms with Gasteiger partial charge in [0.2, 0.25) is 0 Å². The van der Waals surface area contributed by atoms with Gasteiger partial charge in [-0.15, -0.1) is 24.0 Å². The highest BCUT2D eigenvalue weighted by Gasteiger charge is 0.981. The molecule has 0 saturated carbocycles. The van der Waals surface area contributed by atoms with Gasteiger partial charge in [-0.2, -0.15) is 0 Å². The van der Waals surface area contributed by atoms with Crippen LogP contribution >= 0.6 is 24.0 Å². The maximum atomic E-state index is 8.57. The molecule has 0 aromatic rings. The quantitative estimate of drug-likeness (QED) is 0.214. The van der Waals surface area contributed by atoms with Gasteiger partial charge in [0.1, 0.15) is 6.72 Å². The predicted octanol–water partition coefficient (Wildman–Crippen LogP) is -1.12. The van der Waals surface area contributed by atoms with Crippen molar-refractivity contribution in [2.24, 2.45) is 0 Å². The summed E-state index contributed by atoms with van der Waals surface area (Å²) in [4.78, 5) is 0. The summed E-state index contributed by atoms with van der Waals surface area (Å²) in [5.74, 6) is 0. The fraction of sp³-hybridized carbons (Fsp3) is 0. The molecule has 0 aromatic carbocycles. The van der Waals surface area contributed by atoms with E-state index in [1.807, 2.05) is 0 Å². The lowest BCUT2D eigenvalue weighted by atomic mass is 11.8. The Kier molecular flexibility index (Phi) is 23.9. The molecule has 0 saturated heterocycles. The van der Waals surface area contributed by atoms with Gasteiger partial charge in [0.15, 0.2) is 0 Å². The molecular weight excluding hydrogens is 169 g/mol. The summed E-state index contributed by atoms with van der Waals surface area (Å²) in [6.45, 7) is 2.68. The molecule has 0 aliphatic carbocycles. The normalized spacial score (nSPS) is 3.00. The molecule has 0 aliphatic rings. The van der Waals surface area contributed by atoms with Crippen molar-refractivity contribution in [1.82, 2.24) is 0 Å². The van der Waals surface area contributed by atoms with E-state index in [2.05, 4.69) is 6.72 Å². The molecule has 0 atom stereocenters. The van der Waals surface area contributed by atoms with E-state index in [4.69, 9.17) is 5.21 Å². The van der Waals surface area contributed by atoms with E-state index in [9.17, 15) is 0 Å². The summed E-state index contributed by atoms with van der Waals surface area (Å²) in [6, 6.07) is 0. The molecule has 0 radical (unpaired) electrons. The molecule has 0 bridgehead atoms. The lowest BCUT2D eigenvalue weighted by Crippen LogP contribution is -2.56. The third kappa shape index (κ3) is 79.2. The lowest BCUT2D eigenvalue weighted by molar-refractivity contribution is -0.361. The van der Waals surface area contributed by atoms with Crippen LogP contribution in [0.3, 0.4) is 0 Å². The van der Waals surface area contributed by atoms with Crippen molar-refractivity contribution in [3.05, 3.63) is 5.21 Å². The van der Waals surface area contributed by atoms with E-state index in [1.165, 1.54) is 5.16 Å². The minimum absolute atomic E-state index is 0. The first kappa shape index (κ1) is 8.89. The second-order valence-corrected chi connectivity index (χ2v) is 0.144.